The molecule has 0 fully saturated rings. The topological polar surface area (TPSA) is 70.6 Å². The Bertz CT molecular complexity index is 1030. The van der Waals surface area contributed by atoms with E-state index in [9.17, 15) is 13.2 Å². The molecule has 6 nitrogen and oxygen atoms in total. The molecule has 0 atom stereocenters. The first-order valence-corrected chi connectivity index (χ1v) is 10.2. The number of carbonyl (C=O) groups excluding carboxylic acids is 1. The quantitative estimate of drug-likeness (QED) is 0.673. The number of sulfonamides is 1. The lowest BCUT2D eigenvalue weighted by Crippen LogP contribution is -2.27. The normalized spacial score (nSPS) is 11.8. The molecule has 136 valence electrons. The van der Waals surface area contributed by atoms with E-state index < -0.39 is 10.0 Å². The zero-order valence-electron chi connectivity index (χ0n) is 14.7. The SMILES string of the molecule is CN(Cc1nc2ccccc2s1)C(=O)c1cccc(S(=O)(=O)N(C)C)c1. The van der Waals surface area contributed by atoms with Gasteiger partial charge in [-0.1, -0.05) is 18.2 Å². The molecule has 0 spiro atoms. The first-order valence-electron chi connectivity index (χ1n) is 7.91. The molecule has 2 aromatic carbocycles. The van der Waals surface area contributed by atoms with E-state index in [1.807, 2.05) is 24.3 Å². The summed E-state index contributed by atoms with van der Waals surface area (Å²) < 4.78 is 26.7. The summed E-state index contributed by atoms with van der Waals surface area (Å²) in [5.74, 6) is -0.250. The first kappa shape index (κ1) is 18.5. The number of hydrogen-bond acceptors (Lipinski definition) is 5. The number of hydrogen-bond donors (Lipinski definition) is 0. The average molecular weight is 390 g/mol. The van der Waals surface area contributed by atoms with E-state index in [1.165, 1.54) is 26.2 Å². The van der Waals surface area contributed by atoms with Crippen molar-refractivity contribution >= 4 is 37.5 Å². The Hall–Kier alpha value is -2.29. The van der Waals surface area contributed by atoms with Gasteiger partial charge in [0.25, 0.3) is 5.91 Å². The van der Waals surface area contributed by atoms with Crippen LogP contribution in [0, 0.1) is 0 Å². The van der Waals surface area contributed by atoms with Crippen LogP contribution in [-0.4, -0.2) is 49.7 Å². The number of rotatable bonds is 5. The van der Waals surface area contributed by atoms with E-state index in [0.29, 0.717) is 12.1 Å². The lowest BCUT2D eigenvalue weighted by atomic mass is 10.2. The second-order valence-electron chi connectivity index (χ2n) is 6.05. The highest BCUT2D eigenvalue weighted by Gasteiger charge is 2.20. The first-order chi connectivity index (χ1) is 12.3. The van der Waals surface area contributed by atoms with Crippen LogP contribution in [0.25, 0.3) is 10.2 Å². The summed E-state index contributed by atoms with van der Waals surface area (Å²) in [5, 5.41) is 0.833. The number of carbonyl (C=O) groups is 1. The van der Waals surface area contributed by atoms with E-state index in [0.717, 1.165) is 19.5 Å². The molecule has 1 aromatic heterocycles. The smallest absolute Gasteiger partial charge is 0.254 e. The summed E-state index contributed by atoms with van der Waals surface area (Å²) in [7, 11) is 1.02. The molecule has 0 N–H and O–H groups in total. The average Bonchev–Trinajstić information content (AvgIpc) is 3.03. The minimum atomic E-state index is -3.58. The fourth-order valence-corrected chi connectivity index (χ4v) is 4.45. The van der Waals surface area contributed by atoms with Gasteiger partial charge in [0.1, 0.15) is 5.01 Å². The summed E-state index contributed by atoms with van der Waals surface area (Å²) in [6.45, 7) is 0.364. The lowest BCUT2D eigenvalue weighted by molar-refractivity contribution is 0.0785. The largest absolute Gasteiger partial charge is 0.335 e. The van der Waals surface area contributed by atoms with Crippen LogP contribution in [0.5, 0.6) is 0 Å². The second-order valence-corrected chi connectivity index (χ2v) is 9.32. The molecule has 3 rings (SSSR count). The molecule has 0 unspecified atom stereocenters. The van der Waals surface area contributed by atoms with Crippen LogP contribution in [0.15, 0.2) is 53.4 Å². The number of fused-ring (bicyclic) bond motifs is 1. The summed E-state index contributed by atoms with van der Waals surface area (Å²) >= 11 is 1.54. The number of thiazole rings is 1. The summed E-state index contributed by atoms with van der Waals surface area (Å²) in [5.41, 5.74) is 1.24. The standard InChI is InChI=1S/C18H19N3O3S2/c1-20(2)26(23,24)14-8-6-7-13(11-14)18(22)21(3)12-17-19-15-9-4-5-10-16(15)25-17/h4-11H,12H2,1-3H3. The number of amides is 1. The molecule has 0 aliphatic carbocycles. The summed E-state index contributed by atoms with van der Waals surface area (Å²) in [4.78, 5) is 18.9. The van der Waals surface area contributed by atoms with Crippen molar-refractivity contribution in [2.24, 2.45) is 0 Å². The van der Waals surface area contributed by atoms with Gasteiger partial charge in [-0.25, -0.2) is 17.7 Å². The predicted molar refractivity (Wildman–Crippen MR) is 103 cm³/mol. The highest BCUT2D eigenvalue weighted by atomic mass is 32.2. The highest BCUT2D eigenvalue weighted by molar-refractivity contribution is 7.89. The van der Waals surface area contributed by atoms with Crippen molar-refractivity contribution in [3.63, 3.8) is 0 Å². The Labute approximate surface area is 156 Å². The molecular formula is C18H19N3O3S2. The molecule has 3 aromatic rings. The van der Waals surface area contributed by atoms with E-state index in [2.05, 4.69) is 4.98 Å². The molecule has 26 heavy (non-hydrogen) atoms. The number of benzene rings is 2. The Morgan fingerprint density at radius 2 is 1.81 bits per heavy atom. The van der Waals surface area contributed by atoms with Gasteiger partial charge in [0.2, 0.25) is 10.0 Å². The third-order valence-electron chi connectivity index (χ3n) is 3.92. The Kier molecular flexibility index (Phi) is 5.08. The van der Waals surface area contributed by atoms with Gasteiger partial charge in [0.05, 0.1) is 21.7 Å². The van der Waals surface area contributed by atoms with Crippen LogP contribution in [0.3, 0.4) is 0 Å². The molecule has 0 bridgehead atoms. The van der Waals surface area contributed by atoms with Crippen molar-refractivity contribution in [2.75, 3.05) is 21.1 Å². The maximum absolute atomic E-state index is 12.7. The van der Waals surface area contributed by atoms with Crippen LogP contribution < -0.4 is 0 Å². The van der Waals surface area contributed by atoms with E-state index in [4.69, 9.17) is 0 Å². The van der Waals surface area contributed by atoms with Gasteiger partial charge >= 0.3 is 0 Å². The maximum atomic E-state index is 12.7. The van der Waals surface area contributed by atoms with E-state index in [-0.39, 0.29) is 10.8 Å². The third kappa shape index (κ3) is 3.62. The second kappa shape index (κ2) is 7.14. The molecule has 0 aliphatic heterocycles. The minimum absolute atomic E-state index is 0.0988. The monoisotopic (exact) mass is 389 g/mol. The minimum Gasteiger partial charge on any atom is -0.335 e. The Morgan fingerprint density at radius 1 is 1.08 bits per heavy atom. The Morgan fingerprint density at radius 3 is 2.50 bits per heavy atom. The van der Waals surface area contributed by atoms with Gasteiger partial charge in [0, 0.05) is 26.7 Å². The fraction of sp³-hybridized carbons (Fsp3) is 0.222. The van der Waals surface area contributed by atoms with Gasteiger partial charge < -0.3 is 4.90 Å². The van der Waals surface area contributed by atoms with E-state index in [1.54, 1.807) is 35.4 Å². The van der Waals surface area contributed by atoms with Crippen molar-refractivity contribution in [1.82, 2.24) is 14.2 Å². The number of para-hydroxylation sites is 1. The predicted octanol–water partition coefficient (Wildman–Crippen LogP) is 2.82. The third-order valence-corrected chi connectivity index (χ3v) is 6.75. The van der Waals surface area contributed by atoms with Crippen molar-refractivity contribution < 1.29 is 13.2 Å². The molecule has 0 radical (unpaired) electrons. The van der Waals surface area contributed by atoms with Crippen molar-refractivity contribution in [3.05, 3.63) is 59.1 Å². The van der Waals surface area contributed by atoms with Crippen molar-refractivity contribution in [3.8, 4) is 0 Å². The van der Waals surface area contributed by atoms with Gasteiger partial charge in [0.15, 0.2) is 0 Å². The van der Waals surface area contributed by atoms with Gasteiger partial charge in [-0.3, -0.25) is 4.79 Å². The molecule has 0 aliphatic rings. The number of nitrogens with zero attached hydrogens (tertiary/aromatic N) is 3. The molecule has 8 heteroatoms. The van der Waals surface area contributed by atoms with Crippen molar-refractivity contribution in [2.45, 2.75) is 11.4 Å². The Balaban J connectivity index is 1.82. The fourth-order valence-electron chi connectivity index (χ4n) is 2.48. The van der Waals surface area contributed by atoms with Gasteiger partial charge in [-0.15, -0.1) is 11.3 Å². The van der Waals surface area contributed by atoms with Crippen LogP contribution in [-0.2, 0) is 16.6 Å². The molecule has 0 saturated carbocycles. The van der Waals surface area contributed by atoms with Crippen LogP contribution in [0.4, 0.5) is 0 Å². The molecule has 0 saturated heterocycles. The van der Waals surface area contributed by atoms with E-state index >= 15 is 0 Å². The molecule has 1 heterocycles. The van der Waals surface area contributed by atoms with Crippen LogP contribution in [0.1, 0.15) is 15.4 Å². The zero-order valence-corrected chi connectivity index (χ0v) is 16.3. The highest BCUT2D eigenvalue weighted by Crippen LogP contribution is 2.23. The zero-order chi connectivity index (χ0) is 18.9. The van der Waals surface area contributed by atoms with Crippen LogP contribution >= 0.6 is 11.3 Å². The lowest BCUT2D eigenvalue weighted by Gasteiger charge is -2.17. The van der Waals surface area contributed by atoms with Crippen LogP contribution in [0.2, 0.25) is 0 Å². The number of aromatic nitrogens is 1. The van der Waals surface area contributed by atoms with Gasteiger partial charge in [-0.2, -0.15) is 0 Å². The summed E-state index contributed by atoms with van der Waals surface area (Å²) in [6.07, 6.45) is 0. The summed E-state index contributed by atoms with van der Waals surface area (Å²) in [6, 6.07) is 13.9. The van der Waals surface area contributed by atoms with Crippen molar-refractivity contribution in [1.29, 1.82) is 0 Å². The molecular weight excluding hydrogens is 370 g/mol. The maximum Gasteiger partial charge on any atom is 0.254 e. The molecule has 1 amide bonds. The van der Waals surface area contributed by atoms with Gasteiger partial charge in [-0.05, 0) is 30.3 Å².